The molecular formula is C13H20N4O2. The number of hydrogen-bond donors (Lipinski definition) is 2. The van der Waals surface area contributed by atoms with Crippen molar-refractivity contribution < 1.29 is 9.59 Å². The summed E-state index contributed by atoms with van der Waals surface area (Å²) in [7, 11) is 0. The van der Waals surface area contributed by atoms with Gasteiger partial charge in [-0.3, -0.25) is 14.3 Å². The second-order valence-corrected chi connectivity index (χ2v) is 5.30. The number of nitrogens with zero attached hydrogens (tertiary/aromatic N) is 2. The molecule has 0 saturated carbocycles. The highest BCUT2D eigenvalue weighted by Crippen LogP contribution is 2.06. The zero-order chi connectivity index (χ0) is 13.8. The summed E-state index contributed by atoms with van der Waals surface area (Å²) in [5.74, 6) is 0.131. The number of hydrogen-bond acceptors (Lipinski definition) is 3. The summed E-state index contributed by atoms with van der Waals surface area (Å²) in [6.45, 7) is 5.65. The third-order valence-electron chi connectivity index (χ3n) is 3.04. The summed E-state index contributed by atoms with van der Waals surface area (Å²) in [4.78, 5) is 23.6. The molecule has 0 aliphatic carbocycles. The van der Waals surface area contributed by atoms with Crippen LogP contribution < -0.4 is 10.6 Å². The van der Waals surface area contributed by atoms with E-state index in [-0.39, 0.29) is 11.8 Å². The van der Waals surface area contributed by atoms with Gasteiger partial charge in [0.25, 0.3) is 5.91 Å². The molecule has 2 N–H and O–H groups in total. The Morgan fingerprint density at radius 1 is 1.63 bits per heavy atom. The zero-order valence-electron chi connectivity index (χ0n) is 11.3. The van der Waals surface area contributed by atoms with Crippen molar-refractivity contribution in [2.24, 2.45) is 5.92 Å². The van der Waals surface area contributed by atoms with E-state index in [1.165, 1.54) is 0 Å². The zero-order valence-corrected chi connectivity index (χ0v) is 11.3. The lowest BCUT2D eigenvalue weighted by Gasteiger charge is -2.22. The first-order chi connectivity index (χ1) is 9.06. The van der Waals surface area contributed by atoms with Gasteiger partial charge in [0, 0.05) is 19.3 Å². The second kappa shape index (κ2) is 5.86. The van der Waals surface area contributed by atoms with E-state index in [1.54, 1.807) is 17.1 Å². The number of piperidine rings is 1. The van der Waals surface area contributed by atoms with Crippen molar-refractivity contribution in [1.82, 2.24) is 20.4 Å². The van der Waals surface area contributed by atoms with Crippen molar-refractivity contribution in [3.63, 3.8) is 0 Å². The lowest BCUT2D eigenvalue weighted by Crippen LogP contribution is -2.50. The average molecular weight is 264 g/mol. The van der Waals surface area contributed by atoms with E-state index >= 15 is 0 Å². The molecule has 0 aromatic carbocycles. The van der Waals surface area contributed by atoms with E-state index in [0.717, 1.165) is 13.0 Å². The summed E-state index contributed by atoms with van der Waals surface area (Å²) in [6, 6.07) is -0.422. The van der Waals surface area contributed by atoms with Crippen LogP contribution in [0.25, 0.3) is 0 Å². The van der Waals surface area contributed by atoms with Crippen LogP contribution in [0.15, 0.2) is 12.4 Å². The summed E-state index contributed by atoms with van der Waals surface area (Å²) in [5, 5.41) is 9.64. The van der Waals surface area contributed by atoms with Crippen LogP contribution in [0.2, 0.25) is 0 Å². The Bertz CT molecular complexity index is 467. The smallest absolute Gasteiger partial charge is 0.255 e. The molecule has 6 nitrogen and oxygen atoms in total. The van der Waals surface area contributed by atoms with Crippen molar-refractivity contribution in [3.8, 4) is 0 Å². The van der Waals surface area contributed by atoms with E-state index in [2.05, 4.69) is 29.6 Å². The molecule has 19 heavy (non-hydrogen) atoms. The minimum absolute atomic E-state index is 0.103. The first kappa shape index (κ1) is 13.6. The van der Waals surface area contributed by atoms with Crippen molar-refractivity contribution in [1.29, 1.82) is 0 Å². The quantitative estimate of drug-likeness (QED) is 0.833. The van der Waals surface area contributed by atoms with E-state index in [9.17, 15) is 9.59 Å². The van der Waals surface area contributed by atoms with Gasteiger partial charge in [0.05, 0.1) is 11.8 Å². The lowest BCUT2D eigenvalue weighted by molar-refractivity contribution is -0.124. The second-order valence-electron chi connectivity index (χ2n) is 5.30. The fourth-order valence-electron chi connectivity index (χ4n) is 2.11. The topological polar surface area (TPSA) is 76.0 Å². The molecule has 0 spiro atoms. The molecule has 104 valence electrons. The number of nitrogens with one attached hydrogen (secondary N) is 2. The van der Waals surface area contributed by atoms with Gasteiger partial charge in [0.15, 0.2) is 0 Å². The first-order valence-corrected chi connectivity index (χ1v) is 6.67. The van der Waals surface area contributed by atoms with Gasteiger partial charge in [-0.25, -0.2) is 0 Å². The van der Waals surface area contributed by atoms with Gasteiger partial charge < -0.3 is 10.6 Å². The summed E-state index contributed by atoms with van der Waals surface area (Å²) >= 11 is 0. The third kappa shape index (κ3) is 3.56. The highest BCUT2D eigenvalue weighted by molar-refractivity contribution is 5.97. The van der Waals surface area contributed by atoms with E-state index in [0.29, 0.717) is 24.4 Å². The van der Waals surface area contributed by atoms with E-state index in [1.807, 2.05) is 0 Å². The van der Waals surface area contributed by atoms with Crippen LogP contribution in [0.1, 0.15) is 37.0 Å². The molecule has 1 atom stereocenters. The van der Waals surface area contributed by atoms with Crippen LogP contribution in [0, 0.1) is 5.92 Å². The molecule has 0 unspecified atom stereocenters. The first-order valence-electron chi connectivity index (χ1n) is 6.67. The van der Waals surface area contributed by atoms with Gasteiger partial charge in [-0.1, -0.05) is 13.8 Å². The molecule has 0 radical (unpaired) electrons. The van der Waals surface area contributed by atoms with E-state index < -0.39 is 6.04 Å². The van der Waals surface area contributed by atoms with Crippen LogP contribution in [0.4, 0.5) is 0 Å². The predicted octanol–water partition coefficient (Wildman–Crippen LogP) is 0.547. The molecule has 2 amide bonds. The predicted molar refractivity (Wildman–Crippen MR) is 70.6 cm³/mol. The van der Waals surface area contributed by atoms with Crippen LogP contribution in [0.5, 0.6) is 0 Å². The molecule has 1 aromatic rings. The number of amides is 2. The molecule has 1 aliphatic rings. The molecule has 1 fully saturated rings. The summed E-state index contributed by atoms with van der Waals surface area (Å²) < 4.78 is 1.75. The van der Waals surface area contributed by atoms with Gasteiger partial charge in [0.2, 0.25) is 5.91 Å². The SMILES string of the molecule is CC(C)Cn1cc(C(=O)N[C@H]2CCCNC2=O)cn1. The maximum Gasteiger partial charge on any atom is 0.255 e. The Morgan fingerprint density at radius 2 is 2.42 bits per heavy atom. The van der Waals surface area contributed by atoms with Gasteiger partial charge in [-0.05, 0) is 18.8 Å². The minimum atomic E-state index is -0.422. The maximum absolute atomic E-state index is 12.0. The van der Waals surface area contributed by atoms with Crippen LogP contribution in [-0.4, -0.2) is 34.2 Å². The Labute approximate surface area is 112 Å². The van der Waals surface area contributed by atoms with Gasteiger partial charge in [-0.15, -0.1) is 0 Å². The normalized spacial score (nSPS) is 19.3. The van der Waals surface area contributed by atoms with Crippen molar-refractivity contribution >= 4 is 11.8 Å². The van der Waals surface area contributed by atoms with Gasteiger partial charge in [0.1, 0.15) is 6.04 Å². The lowest BCUT2D eigenvalue weighted by atomic mass is 10.1. The molecule has 1 saturated heterocycles. The Morgan fingerprint density at radius 3 is 3.11 bits per heavy atom. The highest BCUT2D eigenvalue weighted by atomic mass is 16.2. The maximum atomic E-state index is 12.0. The molecule has 1 aliphatic heterocycles. The van der Waals surface area contributed by atoms with Crippen LogP contribution in [-0.2, 0) is 11.3 Å². The Kier molecular flexibility index (Phi) is 4.19. The summed E-state index contributed by atoms with van der Waals surface area (Å²) in [6.07, 6.45) is 4.84. The number of carbonyl (C=O) groups is 2. The van der Waals surface area contributed by atoms with Crippen LogP contribution in [0.3, 0.4) is 0 Å². The monoisotopic (exact) mass is 264 g/mol. The third-order valence-corrected chi connectivity index (χ3v) is 3.04. The Hall–Kier alpha value is -1.85. The molecule has 1 aromatic heterocycles. The summed E-state index contributed by atoms with van der Waals surface area (Å²) in [5.41, 5.74) is 0.499. The van der Waals surface area contributed by atoms with Crippen molar-refractivity contribution in [3.05, 3.63) is 18.0 Å². The fourth-order valence-corrected chi connectivity index (χ4v) is 2.11. The van der Waals surface area contributed by atoms with E-state index in [4.69, 9.17) is 0 Å². The van der Waals surface area contributed by atoms with Gasteiger partial charge >= 0.3 is 0 Å². The minimum Gasteiger partial charge on any atom is -0.354 e. The molecule has 2 rings (SSSR count). The largest absolute Gasteiger partial charge is 0.354 e. The average Bonchev–Trinajstić information content (AvgIpc) is 2.79. The molecular weight excluding hydrogens is 244 g/mol. The number of carbonyl (C=O) groups excluding carboxylic acids is 2. The fraction of sp³-hybridized carbons (Fsp3) is 0.615. The highest BCUT2D eigenvalue weighted by Gasteiger charge is 2.24. The van der Waals surface area contributed by atoms with Gasteiger partial charge in [-0.2, -0.15) is 5.10 Å². The van der Waals surface area contributed by atoms with Crippen LogP contribution >= 0.6 is 0 Å². The standard InChI is InChI=1S/C13H20N4O2/c1-9(2)7-17-8-10(6-15-17)12(18)16-11-4-3-5-14-13(11)19/h6,8-9,11H,3-5,7H2,1-2H3,(H,14,19)(H,16,18)/t11-/m0/s1. The van der Waals surface area contributed by atoms with Crippen molar-refractivity contribution in [2.75, 3.05) is 6.54 Å². The molecule has 6 heteroatoms. The molecule has 0 bridgehead atoms. The number of aromatic nitrogens is 2. The Balaban J connectivity index is 1.95. The molecule has 2 heterocycles. The number of rotatable bonds is 4. The van der Waals surface area contributed by atoms with Crippen molar-refractivity contribution in [2.45, 2.75) is 39.3 Å².